The summed E-state index contributed by atoms with van der Waals surface area (Å²) in [6.07, 6.45) is 2.97. The van der Waals surface area contributed by atoms with Gasteiger partial charge >= 0.3 is 5.97 Å². The molecule has 14 heavy (non-hydrogen) atoms. The first-order chi connectivity index (χ1) is 6.74. The van der Waals surface area contributed by atoms with Crippen molar-refractivity contribution in [2.45, 2.75) is 25.2 Å². The number of aromatic amines is 1. The molecule has 76 valence electrons. The van der Waals surface area contributed by atoms with E-state index in [0.717, 1.165) is 30.5 Å². The van der Waals surface area contributed by atoms with Crippen LogP contribution in [0.4, 0.5) is 0 Å². The zero-order valence-electron chi connectivity index (χ0n) is 7.79. The van der Waals surface area contributed by atoms with Crippen molar-refractivity contribution in [3.63, 3.8) is 0 Å². The molecule has 5 nitrogen and oxygen atoms in total. The van der Waals surface area contributed by atoms with Gasteiger partial charge in [-0.3, -0.25) is 9.89 Å². The van der Waals surface area contributed by atoms with Crippen LogP contribution in [0.2, 0.25) is 0 Å². The first kappa shape index (κ1) is 9.21. The highest BCUT2D eigenvalue weighted by Gasteiger charge is 2.27. The number of hydrogen-bond acceptors (Lipinski definition) is 3. The van der Waals surface area contributed by atoms with Crippen LogP contribution in [0, 0.1) is 0 Å². The van der Waals surface area contributed by atoms with Gasteiger partial charge in [-0.25, -0.2) is 0 Å². The van der Waals surface area contributed by atoms with Crippen molar-refractivity contribution in [3.05, 3.63) is 17.0 Å². The molecular weight excluding hydrogens is 182 g/mol. The monoisotopic (exact) mass is 195 g/mol. The molecule has 0 amide bonds. The zero-order valence-corrected chi connectivity index (χ0v) is 7.79. The topological polar surface area (TPSA) is 92.0 Å². The van der Waals surface area contributed by atoms with Gasteiger partial charge in [-0.05, 0) is 24.8 Å². The van der Waals surface area contributed by atoms with Gasteiger partial charge in [0.1, 0.15) is 5.92 Å². The summed E-state index contributed by atoms with van der Waals surface area (Å²) in [7, 11) is 0. The van der Waals surface area contributed by atoms with Crippen LogP contribution < -0.4 is 5.73 Å². The Hall–Kier alpha value is -1.36. The molecule has 1 heterocycles. The molecule has 1 unspecified atom stereocenters. The van der Waals surface area contributed by atoms with Crippen LogP contribution in [0.3, 0.4) is 0 Å². The van der Waals surface area contributed by atoms with Crippen LogP contribution in [-0.2, 0) is 17.6 Å². The molecule has 0 bridgehead atoms. The number of nitrogens with two attached hydrogens (primary N) is 1. The number of aliphatic carboxylic acids is 1. The largest absolute Gasteiger partial charge is 0.481 e. The lowest BCUT2D eigenvalue weighted by atomic mass is 10.0. The maximum absolute atomic E-state index is 10.9. The molecule has 0 saturated heterocycles. The summed E-state index contributed by atoms with van der Waals surface area (Å²) in [6.45, 7) is 0.104. The Bertz CT molecular complexity index is 359. The molecule has 0 radical (unpaired) electrons. The number of rotatable bonds is 3. The summed E-state index contributed by atoms with van der Waals surface area (Å²) >= 11 is 0. The Morgan fingerprint density at radius 1 is 1.64 bits per heavy atom. The second-order valence-electron chi connectivity index (χ2n) is 3.55. The number of carbonyl (C=O) groups is 1. The summed E-state index contributed by atoms with van der Waals surface area (Å²) in [5.41, 5.74) is 8.21. The fourth-order valence-corrected chi connectivity index (χ4v) is 1.96. The molecule has 5 heteroatoms. The molecule has 0 saturated carbocycles. The van der Waals surface area contributed by atoms with Gasteiger partial charge in [-0.1, -0.05) is 0 Å². The quantitative estimate of drug-likeness (QED) is 0.634. The molecule has 0 aliphatic heterocycles. The van der Waals surface area contributed by atoms with Gasteiger partial charge in [0.05, 0.1) is 5.69 Å². The Morgan fingerprint density at radius 3 is 3.07 bits per heavy atom. The minimum atomic E-state index is -0.895. The van der Waals surface area contributed by atoms with E-state index < -0.39 is 11.9 Å². The molecule has 1 aromatic heterocycles. The number of fused-ring (bicyclic) bond motifs is 1. The summed E-state index contributed by atoms with van der Waals surface area (Å²) in [5.74, 6) is -1.55. The van der Waals surface area contributed by atoms with Gasteiger partial charge < -0.3 is 10.8 Å². The molecule has 4 N–H and O–H groups in total. The lowest BCUT2D eigenvalue weighted by Gasteiger charge is -2.07. The number of nitrogens with one attached hydrogen (secondary N) is 1. The van der Waals surface area contributed by atoms with Crippen molar-refractivity contribution in [3.8, 4) is 0 Å². The second kappa shape index (κ2) is 3.42. The lowest BCUT2D eigenvalue weighted by molar-refractivity contribution is -0.138. The smallest absolute Gasteiger partial charge is 0.313 e. The first-order valence-electron chi connectivity index (χ1n) is 4.73. The second-order valence-corrected chi connectivity index (χ2v) is 3.55. The minimum Gasteiger partial charge on any atom is -0.481 e. The molecular formula is C9H13N3O2. The maximum atomic E-state index is 10.9. The van der Waals surface area contributed by atoms with Crippen LogP contribution in [0.5, 0.6) is 0 Å². The van der Waals surface area contributed by atoms with E-state index in [2.05, 4.69) is 10.2 Å². The number of aryl methyl sites for hydroxylation is 1. The highest BCUT2D eigenvalue weighted by molar-refractivity contribution is 5.76. The summed E-state index contributed by atoms with van der Waals surface area (Å²) in [4.78, 5) is 10.9. The number of carboxylic acid groups (broad SMARTS) is 1. The Labute approximate surface area is 81.3 Å². The van der Waals surface area contributed by atoms with Gasteiger partial charge in [-0.2, -0.15) is 5.10 Å². The van der Waals surface area contributed by atoms with E-state index in [1.54, 1.807) is 0 Å². The van der Waals surface area contributed by atoms with Gasteiger partial charge in [0.2, 0.25) is 0 Å². The van der Waals surface area contributed by atoms with Crippen LogP contribution in [0.15, 0.2) is 0 Å². The number of nitrogens with zero attached hydrogens (tertiary/aromatic N) is 1. The van der Waals surface area contributed by atoms with E-state index in [-0.39, 0.29) is 6.54 Å². The minimum absolute atomic E-state index is 0.104. The summed E-state index contributed by atoms with van der Waals surface area (Å²) in [6, 6.07) is 0. The van der Waals surface area contributed by atoms with E-state index >= 15 is 0 Å². The van der Waals surface area contributed by atoms with Gasteiger partial charge in [0.15, 0.2) is 0 Å². The van der Waals surface area contributed by atoms with Gasteiger partial charge in [0.25, 0.3) is 0 Å². The van der Waals surface area contributed by atoms with E-state index in [1.165, 1.54) is 0 Å². The van der Waals surface area contributed by atoms with Crippen molar-refractivity contribution in [2.75, 3.05) is 6.54 Å². The lowest BCUT2D eigenvalue weighted by Crippen LogP contribution is -2.22. The standard InChI is InChI=1S/C9H13N3O2/c10-4-6(9(13)14)8-5-2-1-3-7(5)11-12-8/h6H,1-4,10H2,(H,11,12)(H,13,14). The molecule has 0 spiro atoms. The highest BCUT2D eigenvalue weighted by atomic mass is 16.4. The summed E-state index contributed by atoms with van der Waals surface area (Å²) in [5, 5.41) is 15.9. The van der Waals surface area contributed by atoms with Crippen LogP contribution in [0.1, 0.15) is 29.3 Å². The van der Waals surface area contributed by atoms with Gasteiger partial charge in [-0.15, -0.1) is 0 Å². The molecule has 2 rings (SSSR count). The predicted molar refractivity (Wildman–Crippen MR) is 50.0 cm³/mol. The number of aromatic nitrogens is 2. The summed E-state index contributed by atoms with van der Waals surface area (Å²) < 4.78 is 0. The Morgan fingerprint density at radius 2 is 2.43 bits per heavy atom. The normalized spacial score (nSPS) is 16.6. The third kappa shape index (κ3) is 1.29. The molecule has 1 atom stereocenters. The molecule has 1 aliphatic carbocycles. The van der Waals surface area contributed by atoms with Crippen LogP contribution >= 0.6 is 0 Å². The van der Waals surface area contributed by atoms with Crippen molar-refractivity contribution in [1.29, 1.82) is 0 Å². The molecule has 0 aromatic carbocycles. The third-order valence-corrected chi connectivity index (χ3v) is 2.70. The number of hydrogen-bond donors (Lipinski definition) is 3. The Balaban J connectivity index is 2.35. The highest BCUT2D eigenvalue weighted by Crippen LogP contribution is 2.27. The third-order valence-electron chi connectivity index (χ3n) is 2.70. The number of H-pyrrole nitrogens is 1. The predicted octanol–water partition coefficient (Wildman–Crippen LogP) is 0.0253. The van der Waals surface area contributed by atoms with E-state index in [0.29, 0.717) is 5.69 Å². The average Bonchev–Trinajstić information content (AvgIpc) is 2.69. The van der Waals surface area contributed by atoms with Gasteiger partial charge in [0, 0.05) is 12.2 Å². The van der Waals surface area contributed by atoms with Crippen molar-refractivity contribution < 1.29 is 9.90 Å². The van der Waals surface area contributed by atoms with E-state index in [1.807, 2.05) is 0 Å². The SMILES string of the molecule is NCC(C(=O)O)c1n[nH]c2c1CCC2. The first-order valence-corrected chi connectivity index (χ1v) is 4.73. The average molecular weight is 195 g/mol. The molecule has 1 aromatic rings. The van der Waals surface area contributed by atoms with Crippen LogP contribution in [0.25, 0.3) is 0 Å². The number of carboxylic acids is 1. The van der Waals surface area contributed by atoms with E-state index in [9.17, 15) is 4.79 Å². The van der Waals surface area contributed by atoms with Crippen molar-refractivity contribution in [1.82, 2.24) is 10.2 Å². The Kier molecular flexibility index (Phi) is 2.25. The molecule has 1 aliphatic rings. The van der Waals surface area contributed by atoms with E-state index in [4.69, 9.17) is 10.8 Å². The maximum Gasteiger partial charge on any atom is 0.313 e. The zero-order chi connectivity index (χ0) is 10.1. The fraction of sp³-hybridized carbons (Fsp3) is 0.556. The molecule has 0 fully saturated rings. The van der Waals surface area contributed by atoms with Crippen molar-refractivity contribution in [2.24, 2.45) is 5.73 Å². The van der Waals surface area contributed by atoms with Crippen molar-refractivity contribution >= 4 is 5.97 Å². The fourth-order valence-electron chi connectivity index (χ4n) is 1.96. The van der Waals surface area contributed by atoms with Crippen LogP contribution in [-0.4, -0.2) is 27.8 Å².